The van der Waals surface area contributed by atoms with E-state index < -0.39 is 34.4 Å². The van der Waals surface area contributed by atoms with E-state index in [1.54, 1.807) is 23.7 Å². The summed E-state index contributed by atoms with van der Waals surface area (Å²) >= 11 is 1.58. The molecule has 0 aliphatic carbocycles. The van der Waals surface area contributed by atoms with E-state index in [1.807, 2.05) is 35.9 Å². The van der Waals surface area contributed by atoms with E-state index in [0.717, 1.165) is 16.5 Å². The molecule has 2 amide bonds. The van der Waals surface area contributed by atoms with Gasteiger partial charge in [-0.2, -0.15) is 11.3 Å². The Morgan fingerprint density at radius 2 is 2.12 bits per heavy atom. The number of rotatable bonds is 3. The number of hydrogen-bond acceptors (Lipinski definition) is 6. The van der Waals surface area contributed by atoms with Crippen LogP contribution in [0, 0.1) is 5.92 Å². The predicted octanol–water partition coefficient (Wildman–Crippen LogP) is 5.63. The van der Waals surface area contributed by atoms with Crippen LogP contribution in [0.25, 0.3) is 22.1 Å². The topological polar surface area (TPSA) is 95.8 Å². The molecule has 180 valence electrons. The number of alkyl halides is 2. The second kappa shape index (κ2) is 8.86. The van der Waals surface area contributed by atoms with Crippen LogP contribution in [-0.4, -0.2) is 57.7 Å². The van der Waals surface area contributed by atoms with Crippen molar-refractivity contribution in [2.45, 2.75) is 32.2 Å². The number of aromatic nitrogens is 1. The summed E-state index contributed by atoms with van der Waals surface area (Å²) in [5.41, 5.74) is 2.50. The fourth-order valence-electron chi connectivity index (χ4n) is 4.16. The number of nitrogens with zero attached hydrogens (tertiary/aromatic N) is 3. The monoisotopic (exact) mass is 498 g/mol. The third-order valence-electron chi connectivity index (χ3n) is 6.20. The third kappa shape index (κ3) is 4.46. The van der Waals surface area contributed by atoms with Crippen molar-refractivity contribution < 1.29 is 22.7 Å². The maximum atomic E-state index is 14.4. The molecule has 2 aliphatic rings. The Bertz CT molecular complexity index is 1130. The van der Waals surface area contributed by atoms with Crippen molar-refractivity contribution in [3.63, 3.8) is 0 Å². The van der Waals surface area contributed by atoms with Gasteiger partial charge in [-0.3, -0.25) is 10.0 Å². The lowest BCUT2D eigenvalue weighted by atomic mass is 9.99. The van der Waals surface area contributed by atoms with Crippen LogP contribution in [0.2, 0.25) is 0 Å². The zero-order valence-electron chi connectivity index (χ0n) is 18.7. The molecule has 33 heavy (non-hydrogen) atoms. The van der Waals surface area contributed by atoms with Gasteiger partial charge in [0, 0.05) is 24.8 Å². The van der Waals surface area contributed by atoms with Crippen LogP contribution in [0.15, 0.2) is 39.5 Å². The van der Waals surface area contributed by atoms with Crippen LogP contribution in [0.4, 0.5) is 19.4 Å². The van der Waals surface area contributed by atoms with Gasteiger partial charge in [0.15, 0.2) is 11.4 Å². The molecule has 7 nitrogen and oxygen atoms in total. The molecule has 2 aliphatic heterocycles. The minimum atomic E-state index is -2.85. The van der Waals surface area contributed by atoms with Gasteiger partial charge in [0.2, 0.25) is 0 Å². The lowest BCUT2D eigenvalue weighted by molar-refractivity contribution is -0.0585. The van der Waals surface area contributed by atoms with E-state index in [-0.39, 0.29) is 19.5 Å². The van der Waals surface area contributed by atoms with Crippen molar-refractivity contribution >= 4 is 44.6 Å². The molecular weight excluding hydrogens is 470 g/mol. The van der Waals surface area contributed by atoms with Crippen molar-refractivity contribution in [3.05, 3.63) is 35.0 Å². The van der Waals surface area contributed by atoms with Crippen molar-refractivity contribution in [1.82, 2.24) is 10.1 Å². The molecule has 0 saturated carbocycles. The molecule has 0 radical (unpaired) electrons. The molecule has 3 aromatic rings. The Morgan fingerprint density at radius 3 is 2.76 bits per heavy atom. The van der Waals surface area contributed by atoms with Crippen LogP contribution < -0.4 is 10.0 Å². The zero-order chi connectivity index (χ0) is 24.0. The second-order valence-electron chi connectivity index (χ2n) is 8.56. The summed E-state index contributed by atoms with van der Waals surface area (Å²) < 4.78 is 42.9. The molecule has 11 heteroatoms. The van der Waals surface area contributed by atoms with Crippen LogP contribution in [-0.2, 0) is 0 Å². The molecule has 5 rings (SSSR count). The Balaban J connectivity index is 0.000000385. The van der Waals surface area contributed by atoms with Gasteiger partial charge in [-0.15, -0.1) is 0 Å². The van der Waals surface area contributed by atoms with Crippen LogP contribution in [0.1, 0.15) is 20.3 Å². The standard InChI is InChI=1S/C19H17F2N3O2S.C3H11NOS/c1-11-9-24-15(19(11,20)21)5-7-23(18(24)25)17-16-13(12-6-8-27-10-12)3-2-4-14(16)26-22-17;1-3-6(2,4)5/h2-4,6,8,10-11,15H,5,7,9H2,1H3;5H,3-4H2,1-2H3/t11-,15-;/m1./s1. The lowest BCUT2D eigenvalue weighted by Gasteiger charge is -2.37. The fourth-order valence-corrected chi connectivity index (χ4v) is 4.81. The normalized spacial score (nSPS) is 24.8. The van der Waals surface area contributed by atoms with Crippen LogP contribution in [0.5, 0.6) is 0 Å². The SMILES string of the molecule is CCS(C)(N)O.C[C@@H]1CN2C(=O)N(c3noc4cccc(-c5ccsc5)c34)CC[C@@H]2C1(F)F. The highest BCUT2D eigenvalue weighted by atomic mass is 32.3. The Hall–Kier alpha value is -2.21. The second-order valence-corrected chi connectivity index (χ2v) is 12.1. The number of hydrogen-bond donors (Lipinski definition) is 2. The van der Waals surface area contributed by atoms with Crippen LogP contribution >= 0.6 is 21.8 Å². The first kappa shape index (κ1) is 23.9. The highest BCUT2D eigenvalue weighted by Gasteiger charge is 2.58. The highest BCUT2D eigenvalue weighted by Crippen LogP contribution is 2.44. The smallest absolute Gasteiger partial charge is 0.326 e. The average Bonchev–Trinajstić information content (AvgIpc) is 3.49. The minimum absolute atomic E-state index is 0.0557. The zero-order valence-corrected chi connectivity index (χ0v) is 20.3. The first-order valence-corrected chi connectivity index (χ1v) is 13.8. The van der Waals surface area contributed by atoms with E-state index in [2.05, 4.69) is 5.16 Å². The van der Waals surface area contributed by atoms with Crippen molar-refractivity contribution in [1.29, 1.82) is 0 Å². The quantitative estimate of drug-likeness (QED) is 0.488. The van der Waals surface area contributed by atoms with Crippen molar-refractivity contribution in [2.75, 3.05) is 30.0 Å². The molecule has 4 heterocycles. The maximum absolute atomic E-state index is 14.4. The Labute approximate surface area is 196 Å². The van der Waals surface area contributed by atoms with Gasteiger partial charge in [-0.1, -0.05) is 41.6 Å². The fraction of sp³-hybridized carbons (Fsp3) is 0.455. The summed E-state index contributed by atoms with van der Waals surface area (Å²) in [6.45, 7) is 3.62. The average molecular weight is 499 g/mol. The van der Waals surface area contributed by atoms with Gasteiger partial charge in [0.25, 0.3) is 5.92 Å². The molecule has 0 spiro atoms. The number of benzene rings is 1. The first-order chi connectivity index (χ1) is 15.5. The number of fused-ring (bicyclic) bond motifs is 2. The minimum Gasteiger partial charge on any atom is -0.354 e. The Morgan fingerprint density at radius 1 is 1.39 bits per heavy atom. The lowest BCUT2D eigenvalue weighted by Crippen LogP contribution is -2.55. The number of nitrogens with two attached hydrogens (primary N) is 1. The van der Waals surface area contributed by atoms with Crippen molar-refractivity contribution in [2.24, 2.45) is 11.1 Å². The first-order valence-electron chi connectivity index (χ1n) is 10.7. The number of carbonyl (C=O) groups excluding carboxylic acids is 1. The highest BCUT2D eigenvalue weighted by molar-refractivity contribution is 8.26. The van der Waals surface area contributed by atoms with Gasteiger partial charge >= 0.3 is 6.03 Å². The molecule has 3 atom stereocenters. The van der Waals surface area contributed by atoms with E-state index in [4.69, 9.17) is 14.2 Å². The predicted molar refractivity (Wildman–Crippen MR) is 130 cm³/mol. The number of amides is 2. The summed E-state index contributed by atoms with van der Waals surface area (Å²) in [5, 5.41) is 14.0. The third-order valence-corrected chi connectivity index (χ3v) is 8.06. The molecule has 3 N–H and O–H groups in total. The number of carbonyl (C=O) groups is 1. The van der Waals surface area contributed by atoms with Gasteiger partial charge in [0.1, 0.15) is 0 Å². The molecule has 2 saturated heterocycles. The maximum Gasteiger partial charge on any atom is 0.326 e. The van der Waals surface area contributed by atoms with E-state index in [1.165, 1.54) is 16.7 Å². The van der Waals surface area contributed by atoms with E-state index in [9.17, 15) is 13.6 Å². The Kier molecular flexibility index (Phi) is 6.43. The number of urea groups is 1. The molecule has 1 unspecified atom stereocenters. The van der Waals surface area contributed by atoms with Gasteiger partial charge in [0.05, 0.1) is 11.4 Å². The summed E-state index contributed by atoms with van der Waals surface area (Å²) in [4.78, 5) is 15.8. The summed E-state index contributed by atoms with van der Waals surface area (Å²) in [5.74, 6) is -2.61. The largest absolute Gasteiger partial charge is 0.354 e. The molecule has 0 bridgehead atoms. The van der Waals surface area contributed by atoms with Gasteiger partial charge < -0.3 is 14.0 Å². The number of halogens is 2. The summed E-state index contributed by atoms with van der Waals surface area (Å²) in [7, 11) is -1.66. The van der Waals surface area contributed by atoms with E-state index >= 15 is 0 Å². The summed E-state index contributed by atoms with van der Waals surface area (Å²) in [6.07, 6.45) is 1.87. The molecule has 2 fully saturated rings. The van der Waals surface area contributed by atoms with E-state index in [0.29, 0.717) is 17.2 Å². The van der Waals surface area contributed by atoms with Crippen LogP contribution in [0.3, 0.4) is 0 Å². The number of anilines is 1. The molecule has 2 aromatic heterocycles. The summed E-state index contributed by atoms with van der Waals surface area (Å²) in [6, 6.07) is 6.16. The van der Waals surface area contributed by atoms with Crippen molar-refractivity contribution in [3.8, 4) is 11.1 Å². The van der Waals surface area contributed by atoms with Gasteiger partial charge in [-0.25, -0.2) is 13.6 Å². The molecule has 1 aromatic carbocycles. The van der Waals surface area contributed by atoms with Gasteiger partial charge in [-0.05, 0) is 46.7 Å². The molecular formula is C22H28F2N4O3S2. The number of thiophene rings is 1.